The Bertz CT molecular complexity index is 617. The summed E-state index contributed by atoms with van der Waals surface area (Å²) in [6.07, 6.45) is -1.36. The van der Waals surface area contributed by atoms with E-state index in [9.17, 15) is 14.0 Å². The van der Waals surface area contributed by atoms with Crippen molar-refractivity contribution in [2.45, 2.75) is 37.3 Å². The number of aliphatic carboxylic acids is 2. The summed E-state index contributed by atoms with van der Waals surface area (Å²) in [7, 11) is 0. The number of ether oxygens (including phenoxy) is 1. The van der Waals surface area contributed by atoms with Crippen molar-refractivity contribution >= 4 is 23.5 Å². The van der Waals surface area contributed by atoms with Crippen LogP contribution in [0.3, 0.4) is 0 Å². The van der Waals surface area contributed by atoms with Crippen LogP contribution in [0, 0.1) is 5.92 Å². The van der Waals surface area contributed by atoms with E-state index in [0.29, 0.717) is 5.69 Å². The van der Waals surface area contributed by atoms with E-state index >= 15 is 0 Å². The van der Waals surface area contributed by atoms with E-state index in [1.807, 2.05) is 0 Å². The maximum absolute atomic E-state index is 14.0. The van der Waals surface area contributed by atoms with Gasteiger partial charge in [0, 0.05) is 5.92 Å². The number of aromatic nitrogens is 1. The van der Waals surface area contributed by atoms with Gasteiger partial charge < -0.3 is 20.7 Å². The second kappa shape index (κ2) is 6.77. The fourth-order valence-electron chi connectivity index (χ4n) is 2.49. The molecule has 1 fully saturated rings. The van der Waals surface area contributed by atoms with Gasteiger partial charge in [0.1, 0.15) is 5.15 Å². The van der Waals surface area contributed by atoms with Gasteiger partial charge in [-0.1, -0.05) is 17.7 Å². The quantitative estimate of drug-likeness (QED) is 0.605. The maximum atomic E-state index is 14.0. The molecule has 0 aliphatic heterocycles. The first-order chi connectivity index (χ1) is 10.7. The van der Waals surface area contributed by atoms with E-state index in [-0.39, 0.29) is 24.6 Å². The molecule has 4 atom stereocenters. The number of alkyl halides is 1. The number of carboxylic acid groups (broad SMARTS) is 2. The summed E-state index contributed by atoms with van der Waals surface area (Å²) in [5, 5.41) is 18.0. The monoisotopic (exact) mass is 346 g/mol. The van der Waals surface area contributed by atoms with E-state index in [1.165, 1.54) is 0 Å². The van der Waals surface area contributed by atoms with Crippen LogP contribution in [-0.2, 0) is 20.9 Å². The number of carbonyl (C=O) groups is 2. The molecule has 1 heterocycles. The van der Waals surface area contributed by atoms with Gasteiger partial charge in [0.2, 0.25) is 5.67 Å². The Kier molecular flexibility index (Phi) is 5.18. The molecule has 0 saturated heterocycles. The summed E-state index contributed by atoms with van der Waals surface area (Å²) in [6.45, 7) is -0.0210. The predicted molar refractivity (Wildman–Crippen MR) is 77.6 cm³/mol. The summed E-state index contributed by atoms with van der Waals surface area (Å²) in [6, 6.07) is 3.72. The number of nitrogens with zero attached hydrogens (tertiary/aromatic N) is 1. The molecule has 7 nitrogen and oxygen atoms in total. The lowest BCUT2D eigenvalue weighted by Crippen LogP contribution is -2.26. The zero-order valence-corrected chi connectivity index (χ0v) is 12.7. The highest BCUT2D eigenvalue weighted by Gasteiger charge is 2.70. The van der Waals surface area contributed by atoms with Gasteiger partial charge in [0.05, 0.1) is 30.9 Å². The maximum Gasteiger partial charge on any atom is 0.343 e. The van der Waals surface area contributed by atoms with Crippen molar-refractivity contribution in [1.82, 2.24) is 4.98 Å². The molecular weight excluding hydrogens is 331 g/mol. The van der Waals surface area contributed by atoms with Gasteiger partial charge in [-0.15, -0.1) is 0 Å². The Morgan fingerprint density at radius 1 is 1.48 bits per heavy atom. The number of nitrogens with two attached hydrogens (primary N) is 1. The van der Waals surface area contributed by atoms with Crippen molar-refractivity contribution < 1.29 is 28.9 Å². The van der Waals surface area contributed by atoms with Crippen molar-refractivity contribution in [3.8, 4) is 0 Å². The third-order valence-corrected chi connectivity index (χ3v) is 4.05. The van der Waals surface area contributed by atoms with Crippen LogP contribution in [0.25, 0.3) is 0 Å². The molecule has 23 heavy (non-hydrogen) atoms. The Hall–Kier alpha value is -1.77. The molecule has 0 aromatic carbocycles. The number of hydrogen-bond donors (Lipinski definition) is 3. The average Bonchev–Trinajstić information content (AvgIpc) is 2.99. The van der Waals surface area contributed by atoms with Crippen LogP contribution in [0.5, 0.6) is 0 Å². The molecule has 126 valence electrons. The summed E-state index contributed by atoms with van der Waals surface area (Å²) in [5.41, 5.74) is 3.43. The first-order valence-corrected chi connectivity index (χ1v) is 7.25. The van der Waals surface area contributed by atoms with Crippen molar-refractivity contribution in [2.24, 2.45) is 11.7 Å². The molecule has 1 saturated carbocycles. The zero-order chi connectivity index (χ0) is 17.2. The first kappa shape index (κ1) is 17.6. The van der Waals surface area contributed by atoms with Gasteiger partial charge in [0.15, 0.2) is 0 Å². The molecule has 0 amide bonds. The second-order valence-corrected chi connectivity index (χ2v) is 5.81. The number of hydrogen-bond acceptors (Lipinski definition) is 5. The second-order valence-electron chi connectivity index (χ2n) is 5.42. The van der Waals surface area contributed by atoms with Crippen molar-refractivity contribution in [2.75, 3.05) is 0 Å². The third kappa shape index (κ3) is 3.95. The van der Waals surface area contributed by atoms with Gasteiger partial charge in [-0.05, 0) is 18.6 Å². The number of pyridine rings is 1. The van der Waals surface area contributed by atoms with Crippen LogP contribution in [0.15, 0.2) is 18.2 Å². The van der Waals surface area contributed by atoms with Gasteiger partial charge in [-0.3, -0.25) is 4.79 Å². The van der Waals surface area contributed by atoms with Crippen LogP contribution < -0.4 is 5.73 Å². The van der Waals surface area contributed by atoms with E-state index in [2.05, 4.69) is 4.98 Å². The minimum absolute atomic E-state index is 0.0210. The van der Waals surface area contributed by atoms with Gasteiger partial charge in [-0.25, -0.2) is 14.2 Å². The fourth-order valence-corrected chi connectivity index (χ4v) is 2.68. The largest absolute Gasteiger partial charge is 0.481 e. The molecule has 9 heteroatoms. The lowest BCUT2D eigenvalue weighted by Gasteiger charge is -2.16. The summed E-state index contributed by atoms with van der Waals surface area (Å²) in [5.74, 6) is -3.75. The molecule has 1 aliphatic rings. The Balaban J connectivity index is 1.98. The fraction of sp³-hybridized carbons (Fsp3) is 0.500. The molecular formula is C14H16ClFN2O5. The van der Waals surface area contributed by atoms with E-state index < -0.39 is 35.7 Å². The van der Waals surface area contributed by atoms with E-state index in [4.69, 9.17) is 32.3 Å². The predicted octanol–water partition coefficient (Wildman–Crippen LogP) is 1.23. The van der Waals surface area contributed by atoms with Crippen molar-refractivity contribution in [3.05, 3.63) is 29.0 Å². The molecule has 0 spiro atoms. The highest BCUT2D eigenvalue weighted by atomic mass is 35.5. The molecule has 0 bridgehead atoms. The minimum Gasteiger partial charge on any atom is -0.481 e. The zero-order valence-electron chi connectivity index (χ0n) is 12.0. The Morgan fingerprint density at radius 3 is 2.70 bits per heavy atom. The van der Waals surface area contributed by atoms with E-state index in [0.717, 1.165) is 0 Å². The summed E-state index contributed by atoms with van der Waals surface area (Å²) >= 11 is 5.74. The lowest BCUT2D eigenvalue weighted by atomic mass is 10.1. The molecule has 1 aromatic heterocycles. The summed E-state index contributed by atoms with van der Waals surface area (Å²) < 4.78 is 19.5. The Labute approximate surface area is 136 Å². The average molecular weight is 347 g/mol. The molecule has 1 aromatic rings. The van der Waals surface area contributed by atoms with Crippen LogP contribution >= 0.6 is 11.6 Å². The van der Waals surface area contributed by atoms with E-state index in [1.54, 1.807) is 18.2 Å². The molecule has 4 N–H and O–H groups in total. The Morgan fingerprint density at radius 2 is 2.17 bits per heavy atom. The molecule has 1 aliphatic carbocycles. The van der Waals surface area contributed by atoms with Gasteiger partial charge in [-0.2, -0.15) is 0 Å². The minimum atomic E-state index is -2.52. The third-order valence-electron chi connectivity index (χ3n) is 3.84. The molecule has 2 rings (SSSR count). The first-order valence-electron chi connectivity index (χ1n) is 6.87. The van der Waals surface area contributed by atoms with Crippen LogP contribution in [0.2, 0.25) is 5.15 Å². The highest BCUT2D eigenvalue weighted by molar-refractivity contribution is 6.29. The topological polar surface area (TPSA) is 123 Å². The van der Waals surface area contributed by atoms with Crippen molar-refractivity contribution in [3.63, 3.8) is 0 Å². The smallest absolute Gasteiger partial charge is 0.343 e. The summed E-state index contributed by atoms with van der Waals surface area (Å²) in [4.78, 5) is 25.8. The normalized spacial score (nSPS) is 27.4. The number of carboxylic acids is 2. The molecule has 4 unspecified atom stereocenters. The standard InChI is InChI=1S/C14H16ClFN2O5/c15-10-3-1-2-7(18-10)6-23-8(5-11(19)20)4-9-12(17)14(9,16)13(21)22/h1-3,8-9,12H,4-6,17H2,(H,19,20)(H,21,22). The highest BCUT2D eigenvalue weighted by Crippen LogP contribution is 2.49. The van der Waals surface area contributed by atoms with Crippen LogP contribution in [0.4, 0.5) is 4.39 Å². The number of halogens is 2. The lowest BCUT2D eigenvalue weighted by molar-refractivity contribution is -0.145. The van der Waals surface area contributed by atoms with Gasteiger partial charge >= 0.3 is 11.9 Å². The molecule has 0 radical (unpaired) electrons. The SMILES string of the molecule is NC1C(CC(CC(=O)O)OCc2cccc(Cl)n2)C1(F)C(=O)O. The van der Waals surface area contributed by atoms with Gasteiger partial charge in [0.25, 0.3) is 0 Å². The number of rotatable bonds is 8. The van der Waals surface area contributed by atoms with Crippen LogP contribution in [-0.4, -0.2) is 45.0 Å². The van der Waals surface area contributed by atoms with Crippen molar-refractivity contribution in [1.29, 1.82) is 0 Å². The van der Waals surface area contributed by atoms with Crippen LogP contribution in [0.1, 0.15) is 18.5 Å².